The van der Waals surface area contributed by atoms with Gasteiger partial charge in [0.1, 0.15) is 0 Å². The van der Waals surface area contributed by atoms with Gasteiger partial charge in [0.2, 0.25) is 11.7 Å². The van der Waals surface area contributed by atoms with E-state index in [1.807, 2.05) is 48.5 Å². The van der Waals surface area contributed by atoms with E-state index >= 15 is 0 Å². The van der Waals surface area contributed by atoms with Crippen LogP contribution in [0.25, 0.3) is 6.08 Å². The molecule has 0 fully saturated rings. The monoisotopic (exact) mass is 447 g/mol. The predicted octanol–water partition coefficient (Wildman–Crippen LogP) is 4.24. The highest BCUT2D eigenvalue weighted by atomic mass is 16.5. The Hall–Kier alpha value is -3.97. The summed E-state index contributed by atoms with van der Waals surface area (Å²) in [6, 6.07) is 19.0. The van der Waals surface area contributed by atoms with Gasteiger partial charge in [0.05, 0.1) is 32.7 Å². The molecule has 4 N–H and O–H groups in total. The SMILES string of the molecule is COc1cc(CNCc2ccc(/C=C/C(=O)Nc3ccccc3N)cc2)cc(OC)c1OC. The van der Waals surface area contributed by atoms with E-state index < -0.39 is 0 Å². The topological polar surface area (TPSA) is 94.8 Å². The second-order valence-electron chi connectivity index (χ2n) is 7.29. The highest BCUT2D eigenvalue weighted by Crippen LogP contribution is 2.38. The van der Waals surface area contributed by atoms with Crippen LogP contribution in [0.4, 0.5) is 11.4 Å². The summed E-state index contributed by atoms with van der Waals surface area (Å²) in [7, 11) is 4.79. The number of anilines is 2. The summed E-state index contributed by atoms with van der Waals surface area (Å²) in [5.74, 6) is 1.60. The molecule has 1 amide bonds. The summed E-state index contributed by atoms with van der Waals surface area (Å²) in [4.78, 5) is 12.1. The number of hydrogen-bond donors (Lipinski definition) is 3. The Labute approximate surface area is 194 Å². The summed E-state index contributed by atoms with van der Waals surface area (Å²) in [6.45, 7) is 1.33. The smallest absolute Gasteiger partial charge is 0.248 e. The molecule has 0 aliphatic carbocycles. The Morgan fingerprint density at radius 1 is 0.879 bits per heavy atom. The fourth-order valence-electron chi connectivity index (χ4n) is 3.29. The van der Waals surface area contributed by atoms with Gasteiger partial charge < -0.3 is 30.6 Å². The van der Waals surface area contributed by atoms with E-state index in [4.69, 9.17) is 19.9 Å². The molecule has 7 heteroatoms. The number of rotatable bonds is 10. The van der Waals surface area contributed by atoms with E-state index in [0.29, 0.717) is 41.7 Å². The van der Waals surface area contributed by atoms with Crippen LogP contribution < -0.4 is 30.6 Å². The lowest BCUT2D eigenvalue weighted by molar-refractivity contribution is -0.111. The molecule has 0 saturated carbocycles. The van der Waals surface area contributed by atoms with Crippen molar-refractivity contribution in [1.29, 1.82) is 0 Å². The lowest BCUT2D eigenvalue weighted by atomic mass is 10.1. The number of nitrogens with two attached hydrogens (primary N) is 1. The second kappa shape index (κ2) is 11.6. The standard InChI is InChI=1S/C26H29N3O4/c1-31-23-14-20(15-24(32-2)26(23)33-3)17-28-16-19-10-8-18(9-11-19)12-13-25(30)29-22-7-5-4-6-21(22)27/h4-15,28H,16-17,27H2,1-3H3,(H,29,30)/b13-12+. The number of carbonyl (C=O) groups is 1. The zero-order valence-electron chi connectivity index (χ0n) is 19.1. The summed E-state index contributed by atoms with van der Waals surface area (Å²) in [6.07, 6.45) is 3.26. The Kier molecular flexibility index (Phi) is 8.32. The molecule has 0 spiro atoms. The number of carbonyl (C=O) groups excluding carboxylic acids is 1. The summed E-state index contributed by atoms with van der Waals surface area (Å²) >= 11 is 0. The van der Waals surface area contributed by atoms with Crippen LogP contribution in [0.2, 0.25) is 0 Å². The first-order valence-corrected chi connectivity index (χ1v) is 10.5. The Morgan fingerprint density at radius 3 is 2.12 bits per heavy atom. The fourth-order valence-corrected chi connectivity index (χ4v) is 3.29. The zero-order valence-corrected chi connectivity index (χ0v) is 19.1. The summed E-state index contributed by atoms with van der Waals surface area (Å²) in [5, 5.41) is 6.19. The van der Waals surface area contributed by atoms with Crippen LogP contribution in [0.15, 0.2) is 66.7 Å². The molecule has 3 aromatic rings. The molecule has 0 unspecified atom stereocenters. The number of benzene rings is 3. The maximum atomic E-state index is 12.1. The van der Waals surface area contributed by atoms with Crippen molar-refractivity contribution in [2.24, 2.45) is 0 Å². The Balaban J connectivity index is 1.53. The molecular weight excluding hydrogens is 418 g/mol. The van der Waals surface area contributed by atoms with Gasteiger partial charge in [-0.2, -0.15) is 0 Å². The molecule has 0 atom stereocenters. The van der Waals surface area contributed by atoms with Crippen molar-refractivity contribution < 1.29 is 19.0 Å². The molecule has 172 valence electrons. The molecule has 0 radical (unpaired) electrons. The Bertz CT molecular complexity index is 1090. The van der Waals surface area contributed by atoms with Crippen molar-refractivity contribution in [3.8, 4) is 17.2 Å². The van der Waals surface area contributed by atoms with Gasteiger partial charge in [0.25, 0.3) is 0 Å². The Morgan fingerprint density at radius 2 is 1.52 bits per heavy atom. The lowest BCUT2D eigenvalue weighted by Gasteiger charge is -2.14. The zero-order chi connectivity index (χ0) is 23.6. The van der Waals surface area contributed by atoms with Gasteiger partial charge in [-0.3, -0.25) is 4.79 Å². The van der Waals surface area contributed by atoms with Gasteiger partial charge in [0, 0.05) is 19.2 Å². The highest BCUT2D eigenvalue weighted by molar-refractivity contribution is 6.03. The molecule has 7 nitrogen and oxygen atoms in total. The number of nitrogen functional groups attached to an aromatic ring is 1. The molecule has 0 aliphatic heterocycles. The maximum Gasteiger partial charge on any atom is 0.248 e. The predicted molar refractivity (Wildman–Crippen MR) is 132 cm³/mol. The van der Waals surface area contributed by atoms with E-state index in [0.717, 1.165) is 16.7 Å². The van der Waals surface area contributed by atoms with Gasteiger partial charge in [-0.05, 0) is 47.0 Å². The van der Waals surface area contributed by atoms with Crippen LogP contribution >= 0.6 is 0 Å². The minimum Gasteiger partial charge on any atom is -0.493 e. The number of hydrogen-bond acceptors (Lipinski definition) is 6. The number of nitrogens with one attached hydrogen (secondary N) is 2. The van der Waals surface area contributed by atoms with Gasteiger partial charge in [-0.15, -0.1) is 0 Å². The van der Waals surface area contributed by atoms with E-state index in [1.54, 1.807) is 39.5 Å². The molecule has 3 rings (SSSR count). The van der Waals surface area contributed by atoms with Crippen molar-refractivity contribution >= 4 is 23.4 Å². The van der Waals surface area contributed by atoms with Crippen molar-refractivity contribution in [1.82, 2.24) is 5.32 Å². The molecule has 0 saturated heterocycles. The molecular formula is C26H29N3O4. The van der Waals surface area contributed by atoms with Crippen LogP contribution in [0, 0.1) is 0 Å². The molecule has 0 bridgehead atoms. The second-order valence-corrected chi connectivity index (χ2v) is 7.29. The third kappa shape index (κ3) is 6.51. The first kappa shape index (κ1) is 23.7. The maximum absolute atomic E-state index is 12.1. The first-order chi connectivity index (χ1) is 16.0. The van der Waals surface area contributed by atoms with Gasteiger partial charge in [-0.25, -0.2) is 0 Å². The van der Waals surface area contributed by atoms with Gasteiger partial charge >= 0.3 is 0 Å². The van der Waals surface area contributed by atoms with E-state index in [-0.39, 0.29) is 5.91 Å². The van der Waals surface area contributed by atoms with Crippen molar-refractivity contribution in [2.45, 2.75) is 13.1 Å². The third-order valence-electron chi connectivity index (χ3n) is 5.01. The van der Waals surface area contributed by atoms with Crippen LogP contribution in [0.3, 0.4) is 0 Å². The summed E-state index contributed by atoms with van der Waals surface area (Å²) < 4.78 is 16.2. The molecule has 3 aromatic carbocycles. The average molecular weight is 448 g/mol. The van der Waals surface area contributed by atoms with E-state index in [2.05, 4.69) is 10.6 Å². The van der Waals surface area contributed by atoms with Crippen molar-refractivity contribution in [3.63, 3.8) is 0 Å². The van der Waals surface area contributed by atoms with E-state index in [9.17, 15) is 4.79 Å². The largest absolute Gasteiger partial charge is 0.493 e. The van der Waals surface area contributed by atoms with Gasteiger partial charge in [0.15, 0.2) is 11.5 Å². The van der Waals surface area contributed by atoms with Crippen LogP contribution in [0.1, 0.15) is 16.7 Å². The fraction of sp³-hybridized carbons (Fsp3) is 0.192. The van der Waals surface area contributed by atoms with E-state index in [1.165, 1.54) is 6.08 Å². The van der Waals surface area contributed by atoms with Crippen molar-refractivity contribution in [2.75, 3.05) is 32.4 Å². The molecule has 0 heterocycles. The highest BCUT2D eigenvalue weighted by Gasteiger charge is 2.12. The van der Waals surface area contributed by atoms with Crippen LogP contribution in [-0.2, 0) is 17.9 Å². The quantitative estimate of drug-likeness (QED) is 0.318. The molecule has 0 aromatic heterocycles. The van der Waals surface area contributed by atoms with Crippen LogP contribution in [0.5, 0.6) is 17.2 Å². The molecule has 0 aliphatic rings. The summed E-state index contributed by atoms with van der Waals surface area (Å²) in [5.41, 5.74) is 10.1. The molecule has 33 heavy (non-hydrogen) atoms. The normalized spacial score (nSPS) is 10.8. The number of ether oxygens (including phenoxy) is 3. The number of amides is 1. The number of para-hydroxylation sites is 2. The van der Waals surface area contributed by atoms with Gasteiger partial charge in [-0.1, -0.05) is 36.4 Å². The minimum absolute atomic E-state index is 0.232. The van der Waals surface area contributed by atoms with Crippen molar-refractivity contribution in [3.05, 3.63) is 83.4 Å². The first-order valence-electron chi connectivity index (χ1n) is 10.5. The average Bonchev–Trinajstić information content (AvgIpc) is 2.84. The number of methoxy groups -OCH3 is 3. The minimum atomic E-state index is -0.232. The third-order valence-corrected chi connectivity index (χ3v) is 5.01. The van der Waals surface area contributed by atoms with Crippen LogP contribution in [-0.4, -0.2) is 27.2 Å². The lowest BCUT2D eigenvalue weighted by Crippen LogP contribution is -2.13.